The van der Waals surface area contributed by atoms with Gasteiger partial charge in [0.05, 0.1) is 11.1 Å². The van der Waals surface area contributed by atoms with Crippen LogP contribution in [0.2, 0.25) is 0 Å². The molecule has 7 nitrogen and oxygen atoms in total. The van der Waals surface area contributed by atoms with E-state index in [0.717, 1.165) is 0 Å². The zero-order valence-electron chi connectivity index (χ0n) is 14.8. The van der Waals surface area contributed by atoms with Crippen molar-refractivity contribution in [1.29, 1.82) is 0 Å². The first-order chi connectivity index (χ1) is 13.5. The normalized spacial score (nSPS) is 14.6. The van der Waals surface area contributed by atoms with Crippen molar-refractivity contribution in [3.8, 4) is 11.5 Å². The zero-order chi connectivity index (χ0) is 20.1. The predicted molar refractivity (Wildman–Crippen MR) is 105 cm³/mol. The molecule has 2 aromatic rings. The molecule has 1 aliphatic heterocycles. The lowest BCUT2D eigenvalue weighted by atomic mass is 10.1. The number of aliphatic carboxylic acids is 1. The fourth-order valence-corrected chi connectivity index (χ4v) is 3.05. The molecule has 2 aromatic carbocycles. The van der Waals surface area contributed by atoms with E-state index in [2.05, 4.69) is 20.9 Å². The van der Waals surface area contributed by atoms with E-state index in [-0.39, 0.29) is 17.3 Å². The number of carbonyl (C=O) groups is 2. The number of benzene rings is 2. The van der Waals surface area contributed by atoms with Crippen LogP contribution in [-0.2, 0) is 14.3 Å². The van der Waals surface area contributed by atoms with Crippen LogP contribution in [0.15, 0.2) is 57.6 Å². The third-order valence-corrected chi connectivity index (χ3v) is 4.21. The number of carboxylic acids is 1. The van der Waals surface area contributed by atoms with Gasteiger partial charge in [0, 0.05) is 5.56 Å². The molecule has 0 saturated carbocycles. The molecule has 0 amide bonds. The Morgan fingerprint density at radius 1 is 1.25 bits per heavy atom. The number of hydrogen-bond donors (Lipinski definition) is 1. The molecule has 0 bridgehead atoms. The summed E-state index contributed by atoms with van der Waals surface area (Å²) in [7, 11) is 0. The van der Waals surface area contributed by atoms with Gasteiger partial charge in [-0.05, 0) is 58.8 Å². The minimum absolute atomic E-state index is 0.146. The standard InChI is InChI=1S/C20H16BrNO6/c1-2-26-16-10-12(8-14(21)18(16)27-11-17(23)24)9-15-20(25)28-19(22-15)13-6-4-3-5-7-13/h3-10H,2,11H2,1H3,(H,23,24). The number of carbonyl (C=O) groups excluding carboxylic acids is 1. The second-order valence-corrected chi connectivity index (χ2v) is 6.50. The SMILES string of the molecule is CCOc1cc(C=C2N=C(c3ccccc3)OC2=O)cc(Br)c1OCC(=O)O. The molecule has 0 saturated heterocycles. The monoisotopic (exact) mass is 445 g/mol. The topological polar surface area (TPSA) is 94.4 Å². The van der Waals surface area contributed by atoms with Crippen LogP contribution in [0, 0.1) is 0 Å². The summed E-state index contributed by atoms with van der Waals surface area (Å²) < 4.78 is 16.6. The third kappa shape index (κ3) is 4.58. The van der Waals surface area contributed by atoms with Crippen LogP contribution < -0.4 is 9.47 Å². The number of hydrogen-bond acceptors (Lipinski definition) is 6. The lowest BCUT2D eigenvalue weighted by Crippen LogP contribution is -2.11. The average Bonchev–Trinajstić information content (AvgIpc) is 3.02. The fraction of sp³-hybridized carbons (Fsp3) is 0.150. The molecule has 0 atom stereocenters. The summed E-state index contributed by atoms with van der Waals surface area (Å²) in [6.45, 7) is 1.65. The molecular formula is C20H16BrNO6. The third-order valence-electron chi connectivity index (χ3n) is 3.62. The van der Waals surface area contributed by atoms with Crippen molar-refractivity contribution in [3.63, 3.8) is 0 Å². The number of esters is 1. The van der Waals surface area contributed by atoms with Crippen molar-refractivity contribution in [1.82, 2.24) is 0 Å². The van der Waals surface area contributed by atoms with E-state index in [4.69, 9.17) is 19.3 Å². The Labute approximate surface area is 169 Å². The molecule has 8 heteroatoms. The van der Waals surface area contributed by atoms with Gasteiger partial charge < -0.3 is 19.3 Å². The first-order valence-electron chi connectivity index (χ1n) is 8.37. The Morgan fingerprint density at radius 3 is 2.68 bits per heavy atom. The summed E-state index contributed by atoms with van der Waals surface area (Å²) in [5.74, 6) is -0.795. The molecule has 3 rings (SSSR count). The molecule has 0 aromatic heterocycles. The van der Waals surface area contributed by atoms with Gasteiger partial charge in [0.1, 0.15) is 0 Å². The minimum atomic E-state index is -1.10. The van der Waals surface area contributed by atoms with Crippen molar-refractivity contribution in [3.05, 3.63) is 63.8 Å². The van der Waals surface area contributed by atoms with Gasteiger partial charge in [-0.3, -0.25) is 0 Å². The fourth-order valence-electron chi connectivity index (χ4n) is 2.48. The van der Waals surface area contributed by atoms with E-state index in [1.807, 2.05) is 18.2 Å². The van der Waals surface area contributed by atoms with Crippen molar-refractivity contribution in [2.75, 3.05) is 13.2 Å². The highest BCUT2D eigenvalue weighted by atomic mass is 79.9. The van der Waals surface area contributed by atoms with Crippen LogP contribution >= 0.6 is 15.9 Å². The second kappa shape index (κ2) is 8.71. The maximum Gasteiger partial charge on any atom is 0.363 e. The van der Waals surface area contributed by atoms with Crippen LogP contribution in [0.3, 0.4) is 0 Å². The van der Waals surface area contributed by atoms with E-state index in [9.17, 15) is 9.59 Å². The first kappa shape index (κ1) is 19.6. The van der Waals surface area contributed by atoms with E-state index < -0.39 is 18.5 Å². The van der Waals surface area contributed by atoms with Gasteiger partial charge in [-0.25, -0.2) is 14.6 Å². The molecule has 0 radical (unpaired) electrons. The summed E-state index contributed by atoms with van der Waals surface area (Å²) in [5, 5.41) is 8.82. The number of nitrogens with zero attached hydrogens (tertiary/aromatic N) is 1. The van der Waals surface area contributed by atoms with Crippen molar-refractivity contribution in [2.24, 2.45) is 4.99 Å². The molecule has 0 fully saturated rings. The molecule has 1 N–H and O–H groups in total. The van der Waals surface area contributed by atoms with Crippen LogP contribution in [0.1, 0.15) is 18.1 Å². The summed E-state index contributed by atoms with van der Waals surface area (Å²) in [6, 6.07) is 12.4. The number of halogens is 1. The number of carboxylic acid groups (broad SMARTS) is 1. The van der Waals surface area contributed by atoms with Crippen molar-refractivity contribution < 1.29 is 28.9 Å². The predicted octanol–water partition coefficient (Wildman–Crippen LogP) is 3.66. The number of ether oxygens (including phenoxy) is 3. The molecule has 0 spiro atoms. The van der Waals surface area contributed by atoms with Gasteiger partial charge in [-0.15, -0.1) is 0 Å². The Morgan fingerprint density at radius 2 is 2.00 bits per heavy atom. The quantitative estimate of drug-likeness (QED) is 0.516. The highest BCUT2D eigenvalue weighted by Crippen LogP contribution is 2.37. The average molecular weight is 446 g/mol. The maximum absolute atomic E-state index is 12.2. The lowest BCUT2D eigenvalue weighted by molar-refractivity contribution is -0.139. The number of aliphatic imine (C=N–C) groups is 1. The minimum Gasteiger partial charge on any atom is -0.490 e. The Bertz CT molecular complexity index is 968. The summed E-state index contributed by atoms with van der Waals surface area (Å²) >= 11 is 3.35. The van der Waals surface area contributed by atoms with E-state index in [1.54, 1.807) is 37.3 Å². The molecule has 144 valence electrons. The van der Waals surface area contributed by atoms with Crippen molar-refractivity contribution in [2.45, 2.75) is 6.92 Å². The molecule has 28 heavy (non-hydrogen) atoms. The number of rotatable bonds is 7. The van der Waals surface area contributed by atoms with E-state index >= 15 is 0 Å². The zero-order valence-corrected chi connectivity index (χ0v) is 16.4. The van der Waals surface area contributed by atoms with Gasteiger partial charge in [-0.1, -0.05) is 18.2 Å². The second-order valence-electron chi connectivity index (χ2n) is 5.65. The first-order valence-corrected chi connectivity index (χ1v) is 9.16. The molecule has 0 aliphatic carbocycles. The Balaban J connectivity index is 1.93. The van der Waals surface area contributed by atoms with Gasteiger partial charge >= 0.3 is 11.9 Å². The summed E-state index contributed by atoms with van der Waals surface area (Å²) in [6.07, 6.45) is 1.56. The van der Waals surface area contributed by atoms with Gasteiger partial charge in [0.15, 0.2) is 23.8 Å². The smallest absolute Gasteiger partial charge is 0.363 e. The van der Waals surface area contributed by atoms with E-state index in [0.29, 0.717) is 28.0 Å². The van der Waals surface area contributed by atoms with Crippen LogP contribution in [0.25, 0.3) is 6.08 Å². The molecular weight excluding hydrogens is 430 g/mol. The van der Waals surface area contributed by atoms with Gasteiger partial charge in [0.2, 0.25) is 5.90 Å². The number of cyclic esters (lactones) is 1. The highest BCUT2D eigenvalue weighted by Gasteiger charge is 2.24. The molecule has 1 aliphatic rings. The van der Waals surface area contributed by atoms with E-state index in [1.165, 1.54) is 0 Å². The largest absolute Gasteiger partial charge is 0.490 e. The van der Waals surface area contributed by atoms with Gasteiger partial charge in [-0.2, -0.15) is 0 Å². The van der Waals surface area contributed by atoms with Crippen LogP contribution in [0.4, 0.5) is 0 Å². The lowest BCUT2D eigenvalue weighted by Gasteiger charge is -2.13. The van der Waals surface area contributed by atoms with Crippen LogP contribution in [0.5, 0.6) is 11.5 Å². The Kier molecular flexibility index (Phi) is 6.10. The van der Waals surface area contributed by atoms with Crippen LogP contribution in [-0.4, -0.2) is 36.2 Å². The summed E-state index contributed by atoms with van der Waals surface area (Å²) in [5.41, 5.74) is 1.46. The van der Waals surface area contributed by atoms with Gasteiger partial charge in [0.25, 0.3) is 0 Å². The Hall–Kier alpha value is -3.13. The summed E-state index contributed by atoms with van der Waals surface area (Å²) in [4.78, 5) is 27.2. The molecule has 0 unspecified atom stereocenters. The van der Waals surface area contributed by atoms with Crippen molar-refractivity contribution >= 4 is 39.8 Å². The molecule has 1 heterocycles. The maximum atomic E-state index is 12.2. The highest BCUT2D eigenvalue weighted by molar-refractivity contribution is 9.10.